The Kier molecular flexibility index (Phi) is 9.73. The highest BCUT2D eigenvalue weighted by atomic mass is 79.9. The highest BCUT2D eigenvalue weighted by Crippen LogP contribution is 1.94. The third-order valence-electron chi connectivity index (χ3n) is 1.76. The van der Waals surface area contributed by atoms with Gasteiger partial charge in [-0.25, -0.2) is 0 Å². The number of nitrogens with two attached hydrogens (primary N) is 2. The average molecular weight is 238 g/mol. The largest absolute Gasteiger partial charge is 0.330 e. The molecular formula is C8H20BrN3. The van der Waals surface area contributed by atoms with Crippen molar-refractivity contribution in [3.8, 4) is 0 Å². The summed E-state index contributed by atoms with van der Waals surface area (Å²) in [6.07, 6.45) is 2.16. The van der Waals surface area contributed by atoms with E-state index in [2.05, 4.69) is 20.8 Å². The van der Waals surface area contributed by atoms with Crippen LogP contribution in [-0.2, 0) is 0 Å². The molecule has 12 heavy (non-hydrogen) atoms. The van der Waals surface area contributed by atoms with Crippen LogP contribution < -0.4 is 11.5 Å². The zero-order valence-electron chi connectivity index (χ0n) is 7.64. The smallest absolute Gasteiger partial charge is 0.0159 e. The Labute approximate surface area is 83.6 Å². The van der Waals surface area contributed by atoms with Gasteiger partial charge in [-0.15, -0.1) is 0 Å². The fourth-order valence-corrected chi connectivity index (χ4v) is 1.59. The van der Waals surface area contributed by atoms with Gasteiger partial charge >= 0.3 is 0 Å². The van der Waals surface area contributed by atoms with Gasteiger partial charge in [0.1, 0.15) is 0 Å². The fraction of sp³-hybridized carbons (Fsp3) is 1.00. The Morgan fingerprint density at radius 2 is 1.42 bits per heavy atom. The first-order valence-corrected chi connectivity index (χ1v) is 5.65. The van der Waals surface area contributed by atoms with E-state index >= 15 is 0 Å². The normalized spacial score (nSPS) is 11.0. The van der Waals surface area contributed by atoms with Crippen LogP contribution in [-0.4, -0.2) is 43.0 Å². The predicted octanol–water partition coefficient (Wildman–Crippen LogP) is 0.381. The van der Waals surface area contributed by atoms with Gasteiger partial charge in [0, 0.05) is 11.9 Å². The third kappa shape index (κ3) is 7.03. The molecule has 3 nitrogen and oxygen atoms in total. The minimum atomic E-state index is 0.779. The Morgan fingerprint density at radius 1 is 0.917 bits per heavy atom. The maximum absolute atomic E-state index is 5.44. The first-order chi connectivity index (χ1) is 5.85. The van der Waals surface area contributed by atoms with E-state index in [1.54, 1.807) is 0 Å². The van der Waals surface area contributed by atoms with Crippen LogP contribution in [0.25, 0.3) is 0 Å². The van der Waals surface area contributed by atoms with E-state index in [1.165, 1.54) is 0 Å². The third-order valence-corrected chi connectivity index (χ3v) is 2.11. The molecule has 0 fully saturated rings. The minimum Gasteiger partial charge on any atom is -0.330 e. The van der Waals surface area contributed by atoms with Crippen LogP contribution in [0.4, 0.5) is 0 Å². The van der Waals surface area contributed by atoms with E-state index in [4.69, 9.17) is 11.5 Å². The number of rotatable bonds is 8. The average Bonchev–Trinajstić information content (AvgIpc) is 2.10. The van der Waals surface area contributed by atoms with Crippen molar-refractivity contribution < 1.29 is 0 Å². The molecule has 74 valence electrons. The molecule has 0 aliphatic heterocycles. The van der Waals surface area contributed by atoms with Crippen LogP contribution >= 0.6 is 15.9 Å². The second kappa shape index (κ2) is 9.45. The Balaban J connectivity index is 3.40. The van der Waals surface area contributed by atoms with Crippen LogP contribution in [0.2, 0.25) is 0 Å². The van der Waals surface area contributed by atoms with Crippen molar-refractivity contribution in [2.75, 3.05) is 38.1 Å². The molecule has 4 N–H and O–H groups in total. The first-order valence-electron chi connectivity index (χ1n) is 4.53. The van der Waals surface area contributed by atoms with Crippen LogP contribution in [0, 0.1) is 0 Å². The lowest BCUT2D eigenvalue weighted by molar-refractivity contribution is 0.287. The van der Waals surface area contributed by atoms with Crippen molar-refractivity contribution in [3.63, 3.8) is 0 Å². The second-order valence-corrected chi connectivity index (χ2v) is 3.61. The van der Waals surface area contributed by atoms with E-state index in [1.807, 2.05) is 0 Å². The summed E-state index contributed by atoms with van der Waals surface area (Å²) in [5, 5.41) is 1.03. The van der Waals surface area contributed by atoms with Crippen LogP contribution in [0.3, 0.4) is 0 Å². The number of nitrogens with zero attached hydrogens (tertiary/aromatic N) is 1. The van der Waals surface area contributed by atoms with Crippen molar-refractivity contribution in [2.45, 2.75) is 12.8 Å². The lowest BCUT2D eigenvalue weighted by Crippen LogP contribution is -2.30. The summed E-state index contributed by atoms with van der Waals surface area (Å²) in [5.41, 5.74) is 10.9. The van der Waals surface area contributed by atoms with Gasteiger partial charge in [0.2, 0.25) is 0 Å². The van der Waals surface area contributed by atoms with Crippen molar-refractivity contribution in [1.82, 2.24) is 4.90 Å². The van der Waals surface area contributed by atoms with Gasteiger partial charge in [-0.1, -0.05) is 15.9 Å². The number of halogens is 1. The van der Waals surface area contributed by atoms with Gasteiger partial charge in [0.05, 0.1) is 0 Å². The Hall–Kier alpha value is 0.360. The van der Waals surface area contributed by atoms with Crippen LogP contribution in [0.1, 0.15) is 12.8 Å². The molecule has 0 radical (unpaired) electrons. The van der Waals surface area contributed by atoms with Crippen molar-refractivity contribution in [3.05, 3.63) is 0 Å². The molecule has 0 bridgehead atoms. The molecular weight excluding hydrogens is 218 g/mol. The lowest BCUT2D eigenvalue weighted by atomic mass is 10.3. The topological polar surface area (TPSA) is 55.3 Å². The summed E-state index contributed by atoms with van der Waals surface area (Å²) >= 11 is 3.43. The lowest BCUT2D eigenvalue weighted by Gasteiger charge is -2.20. The molecule has 0 amide bonds. The highest BCUT2D eigenvalue weighted by molar-refractivity contribution is 9.09. The summed E-state index contributed by atoms with van der Waals surface area (Å²) in [6, 6.07) is 0. The summed E-state index contributed by atoms with van der Waals surface area (Å²) in [7, 11) is 0. The van der Waals surface area contributed by atoms with Gasteiger partial charge in [-0.2, -0.15) is 0 Å². The molecule has 0 atom stereocenters. The molecule has 0 aliphatic rings. The SMILES string of the molecule is NCCCN(CCBr)CCCN. The zero-order valence-corrected chi connectivity index (χ0v) is 9.22. The van der Waals surface area contributed by atoms with Gasteiger partial charge < -0.3 is 16.4 Å². The standard InChI is InChI=1S/C8H20BrN3/c9-3-8-12(6-1-4-10)7-2-5-11/h1-8,10-11H2. The molecule has 0 aromatic rings. The number of hydrogen-bond donors (Lipinski definition) is 2. The van der Waals surface area contributed by atoms with Gasteiger partial charge in [-0.3, -0.25) is 0 Å². The summed E-state index contributed by atoms with van der Waals surface area (Å²) in [4.78, 5) is 2.40. The Morgan fingerprint density at radius 3 is 1.75 bits per heavy atom. The van der Waals surface area contributed by atoms with Gasteiger partial charge in [-0.05, 0) is 39.0 Å². The number of hydrogen-bond acceptors (Lipinski definition) is 3. The fourth-order valence-electron chi connectivity index (χ4n) is 1.08. The second-order valence-electron chi connectivity index (χ2n) is 2.82. The summed E-state index contributed by atoms with van der Waals surface area (Å²) in [6.45, 7) is 4.85. The molecule has 0 aromatic heterocycles. The summed E-state index contributed by atoms with van der Waals surface area (Å²) in [5.74, 6) is 0. The Bertz CT molecular complexity index is 82.4. The van der Waals surface area contributed by atoms with E-state index in [-0.39, 0.29) is 0 Å². The monoisotopic (exact) mass is 237 g/mol. The maximum Gasteiger partial charge on any atom is 0.0159 e. The highest BCUT2D eigenvalue weighted by Gasteiger charge is 2.01. The van der Waals surface area contributed by atoms with Gasteiger partial charge in [0.25, 0.3) is 0 Å². The van der Waals surface area contributed by atoms with Gasteiger partial charge in [0.15, 0.2) is 0 Å². The molecule has 0 saturated carbocycles. The molecule has 0 rings (SSSR count). The molecule has 4 heteroatoms. The molecule has 0 heterocycles. The minimum absolute atomic E-state index is 0.779. The maximum atomic E-state index is 5.44. The molecule has 0 aromatic carbocycles. The van der Waals surface area contributed by atoms with Crippen molar-refractivity contribution >= 4 is 15.9 Å². The molecule has 0 spiro atoms. The molecule has 0 saturated heterocycles. The molecule has 0 unspecified atom stereocenters. The van der Waals surface area contributed by atoms with E-state index in [0.717, 1.165) is 50.9 Å². The molecule has 0 aliphatic carbocycles. The summed E-state index contributed by atoms with van der Waals surface area (Å²) < 4.78 is 0. The number of alkyl halides is 1. The first kappa shape index (κ1) is 12.4. The van der Waals surface area contributed by atoms with E-state index in [9.17, 15) is 0 Å². The van der Waals surface area contributed by atoms with Crippen LogP contribution in [0.15, 0.2) is 0 Å². The quantitative estimate of drug-likeness (QED) is 0.601. The zero-order chi connectivity index (χ0) is 9.23. The van der Waals surface area contributed by atoms with Crippen molar-refractivity contribution in [2.24, 2.45) is 11.5 Å². The van der Waals surface area contributed by atoms with Crippen LogP contribution in [0.5, 0.6) is 0 Å². The van der Waals surface area contributed by atoms with Crippen molar-refractivity contribution in [1.29, 1.82) is 0 Å². The van der Waals surface area contributed by atoms with E-state index in [0.29, 0.717) is 0 Å². The van der Waals surface area contributed by atoms with E-state index < -0.39 is 0 Å². The predicted molar refractivity (Wildman–Crippen MR) is 57.6 cm³/mol.